The Morgan fingerprint density at radius 2 is 2.08 bits per heavy atom. The van der Waals surface area contributed by atoms with E-state index < -0.39 is 23.0 Å². The Hall–Kier alpha value is -2.33. The number of aromatic nitrogens is 3. The number of pyridine rings is 1. The third-order valence-electron chi connectivity index (χ3n) is 2.67. The molecule has 0 saturated heterocycles. The van der Waals surface area contributed by atoms with Gasteiger partial charge in [-0.2, -0.15) is 18.8 Å². The zero-order valence-electron chi connectivity index (χ0n) is 13.5. The molecule has 2 aromatic rings. The van der Waals surface area contributed by atoms with E-state index in [0.29, 0.717) is 16.3 Å². The second-order valence-corrected chi connectivity index (χ2v) is 6.47. The molecule has 136 valence electrons. The van der Waals surface area contributed by atoms with Crippen molar-refractivity contribution in [2.24, 2.45) is 0 Å². The molecule has 0 aliphatic rings. The van der Waals surface area contributed by atoms with Crippen LogP contribution in [0.4, 0.5) is 13.6 Å². The van der Waals surface area contributed by atoms with Crippen LogP contribution in [-0.4, -0.2) is 37.1 Å². The maximum Gasteiger partial charge on any atom is 0.434 e. The second-order valence-electron chi connectivity index (χ2n) is 6.00. The largest absolute Gasteiger partial charge is 0.442 e. The van der Waals surface area contributed by atoms with Gasteiger partial charge in [0.15, 0.2) is 0 Å². The first-order valence-electron chi connectivity index (χ1n) is 7.01. The summed E-state index contributed by atoms with van der Waals surface area (Å²) in [5.41, 5.74) is -0.138. The molecule has 0 aromatic carbocycles. The average Bonchev–Trinajstić information content (AvgIpc) is 2.96. The molecule has 11 heteroatoms. The van der Waals surface area contributed by atoms with Crippen LogP contribution >= 0.6 is 11.6 Å². The van der Waals surface area contributed by atoms with Crippen LogP contribution in [-0.2, 0) is 16.7 Å². The van der Waals surface area contributed by atoms with Gasteiger partial charge in [-0.3, -0.25) is 10.2 Å². The fraction of sp³-hybridized carbons (Fsp3) is 0.429. The topological polar surface area (TPSA) is 102 Å². The van der Waals surface area contributed by atoms with Crippen molar-refractivity contribution in [3.63, 3.8) is 0 Å². The number of hydroxylamine groups is 2. The molecule has 1 N–H and O–H groups in total. The lowest BCUT2D eigenvalue weighted by molar-refractivity contribution is -0.100. The van der Waals surface area contributed by atoms with Gasteiger partial charge in [-0.1, -0.05) is 5.16 Å². The highest BCUT2D eigenvalue weighted by Crippen LogP contribution is 2.31. The van der Waals surface area contributed by atoms with E-state index >= 15 is 0 Å². The molecule has 0 unspecified atom stereocenters. The number of hydrogen-bond acceptors (Lipinski definition) is 7. The second kappa shape index (κ2) is 6.89. The molecule has 8 nitrogen and oxygen atoms in total. The Labute approximate surface area is 146 Å². The summed E-state index contributed by atoms with van der Waals surface area (Å²) in [5, 5.41) is 9.69. The molecule has 2 heterocycles. The monoisotopic (exact) mass is 376 g/mol. The molecule has 0 aliphatic heterocycles. The summed E-state index contributed by atoms with van der Waals surface area (Å²) < 4.78 is 35.1. The summed E-state index contributed by atoms with van der Waals surface area (Å²) in [6, 6.07) is 2.92. The van der Waals surface area contributed by atoms with Crippen molar-refractivity contribution in [1.29, 1.82) is 0 Å². The van der Waals surface area contributed by atoms with E-state index in [1.807, 2.05) is 0 Å². The summed E-state index contributed by atoms with van der Waals surface area (Å²) in [6.45, 7) is 4.76. The molecular formula is C14H15ClF2N4O4. The minimum Gasteiger partial charge on any atom is -0.442 e. The lowest BCUT2D eigenvalue weighted by atomic mass is 10.2. The quantitative estimate of drug-likeness (QED) is 0.494. The maximum atomic E-state index is 12.9. The first-order chi connectivity index (χ1) is 11.5. The van der Waals surface area contributed by atoms with Crippen LogP contribution in [0, 0.1) is 0 Å². The molecule has 0 saturated carbocycles. The van der Waals surface area contributed by atoms with E-state index in [9.17, 15) is 18.8 Å². The van der Waals surface area contributed by atoms with Gasteiger partial charge in [0.1, 0.15) is 5.60 Å². The standard InChI is InChI=1S/C14H15ClF2N4O4/c1-13(2,3)24-12(22)21(23)7-9-5-4-8(6-18-9)10-19-11(25-20-10)14(15,16)17/h4-6,23H,7H2,1-3H3. The van der Waals surface area contributed by atoms with Crippen molar-refractivity contribution in [2.45, 2.75) is 38.3 Å². The first kappa shape index (κ1) is 19.0. The summed E-state index contributed by atoms with van der Waals surface area (Å²) in [6.07, 6.45) is 0.352. The number of alkyl halides is 3. The van der Waals surface area contributed by atoms with E-state index in [1.165, 1.54) is 18.3 Å². The number of halogens is 3. The fourth-order valence-corrected chi connectivity index (χ4v) is 1.72. The molecule has 1 amide bonds. The Bertz CT molecular complexity index is 741. The molecule has 0 bridgehead atoms. The molecule has 2 rings (SSSR count). The van der Waals surface area contributed by atoms with Crippen LogP contribution in [0.1, 0.15) is 32.4 Å². The van der Waals surface area contributed by atoms with E-state index in [2.05, 4.69) is 19.6 Å². The van der Waals surface area contributed by atoms with E-state index in [0.717, 1.165) is 0 Å². The van der Waals surface area contributed by atoms with Crippen LogP contribution in [0.25, 0.3) is 11.4 Å². The van der Waals surface area contributed by atoms with Crippen molar-refractivity contribution in [3.05, 3.63) is 29.9 Å². The molecular weight excluding hydrogens is 362 g/mol. The Morgan fingerprint density at radius 3 is 2.56 bits per heavy atom. The van der Waals surface area contributed by atoms with Gasteiger partial charge >= 0.3 is 17.4 Å². The predicted molar refractivity (Wildman–Crippen MR) is 80.8 cm³/mol. The SMILES string of the molecule is CC(C)(C)OC(=O)N(O)Cc1ccc(-c2noc(C(F)(F)Cl)n2)cn1. The van der Waals surface area contributed by atoms with Gasteiger partial charge in [-0.25, -0.2) is 4.79 Å². The highest BCUT2D eigenvalue weighted by Gasteiger charge is 2.35. The average molecular weight is 377 g/mol. The van der Waals surface area contributed by atoms with Crippen molar-refractivity contribution in [3.8, 4) is 11.4 Å². The molecule has 2 aromatic heterocycles. The summed E-state index contributed by atoms with van der Waals surface area (Å²) in [5.74, 6) is -1.15. The maximum absolute atomic E-state index is 12.9. The number of rotatable bonds is 4. The van der Waals surface area contributed by atoms with Crippen LogP contribution in [0.3, 0.4) is 0 Å². The highest BCUT2D eigenvalue weighted by molar-refractivity contribution is 6.21. The van der Waals surface area contributed by atoms with Crippen molar-refractivity contribution in [1.82, 2.24) is 20.2 Å². The third kappa shape index (κ3) is 5.33. The Balaban J connectivity index is 2.05. The number of carbonyl (C=O) groups is 1. The number of nitrogens with zero attached hydrogens (tertiary/aromatic N) is 4. The molecule has 0 atom stereocenters. The predicted octanol–water partition coefficient (Wildman–Crippen LogP) is 3.55. The Morgan fingerprint density at radius 1 is 1.40 bits per heavy atom. The molecule has 0 radical (unpaired) electrons. The molecule has 25 heavy (non-hydrogen) atoms. The molecule has 0 spiro atoms. The number of carbonyl (C=O) groups excluding carboxylic acids is 1. The van der Waals surface area contributed by atoms with Gasteiger partial charge in [0.2, 0.25) is 5.82 Å². The van der Waals surface area contributed by atoms with Crippen LogP contribution in [0.5, 0.6) is 0 Å². The van der Waals surface area contributed by atoms with E-state index in [4.69, 9.17) is 16.3 Å². The lowest BCUT2D eigenvalue weighted by Crippen LogP contribution is -2.34. The fourth-order valence-electron chi connectivity index (χ4n) is 1.64. The zero-order chi connectivity index (χ0) is 18.8. The normalized spacial score (nSPS) is 12.1. The van der Waals surface area contributed by atoms with Gasteiger partial charge < -0.3 is 9.26 Å². The van der Waals surface area contributed by atoms with Gasteiger partial charge in [0.05, 0.1) is 12.2 Å². The smallest absolute Gasteiger partial charge is 0.434 e. The highest BCUT2D eigenvalue weighted by atomic mass is 35.5. The van der Waals surface area contributed by atoms with E-state index in [1.54, 1.807) is 20.8 Å². The number of hydrogen-bond donors (Lipinski definition) is 1. The minimum absolute atomic E-state index is 0.123. The zero-order valence-corrected chi connectivity index (χ0v) is 14.3. The number of amides is 1. The summed E-state index contributed by atoms with van der Waals surface area (Å²) in [7, 11) is 0. The van der Waals surface area contributed by atoms with E-state index in [-0.39, 0.29) is 12.4 Å². The van der Waals surface area contributed by atoms with Crippen LogP contribution in [0.2, 0.25) is 0 Å². The lowest BCUT2D eigenvalue weighted by Gasteiger charge is -2.23. The van der Waals surface area contributed by atoms with Crippen LogP contribution < -0.4 is 0 Å². The minimum atomic E-state index is -3.76. The summed E-state index contributed by atoms with van der Waals surface area (Å²) in [4.78, 5) is 19.1. The molecule has 0 fully saturated rings. The van der Waals surface area contributed by atoms with Gasteiger partial charge in [-0.05, 0) is 44.5 Å². The van der Waals surface area contributed by atoms with Gasteiger partial charge in [0.25, 0.3) is 0 Å². The molecule has 0 aliphatic carbocycles. The number of ether oxygens (including phenoxy) is 1. The van der Waals surface area contributed by atoms with Crippen molar-refractivity contribution >= 4 is 17.7 Å². The van der Waals surface area contributed by atoms with Gasteiger partial charge in [0, 0.05) is 11.8 Å². The Kier molecular flexibility index (Phi) is 5.23. The van der Waals surface area contributed by atoms with Crippen molar-refractivity contribution < 1.29 is 28.0 Å². The third-order valence-corrected chi connectivity index (χ3v) is 2.83. The van der Waals surface area contributed by atoms with Gasteiger partial charge in [-0.15, -0.1) is 0 Å². The van der Waals surface area contributed by atoms with Crippen molar-refractivity contribution in [2.75, 3.05) is 0 Å². The first-order valence-corrected chi connectivity index (χ1v) is 7.39. The summed E-state index contributed by atoms with van der Waals surface area (Å²) >= 11 is 4.79. The van der Waals surface area contributed by atoms with Crippen LogP contribution in [0.15, 0.2) is 22.9 Å².